The van der Waals surface area contributed by atoms with Crippen molar-refractivity contribution in [3.63, 3.8) is 0 Å². The van der Waals surface area contributed by atoms with Gasteiger partial charge in [0.1, 0.15) is 16.5 Å². The van der Waals surface area contributed by atoms with Crippen molar-refractivity contribution < 1.29 is 13.5 Å². The molecule has 0 radical (unpaired) electrons. The Morgan fingerprint density at radius 1 is 1.33 bits per heavy atom. The molecule has 0 aliphatic carbocycles. The lowest BCUT2D eigenvalue weighted by molar-refractivity contribution is 0.475. The predicted octanol–water partition coefficient (Wildman–Crippen LogP) is 1.89. The van der Waals surface area contributed by atoms with Crippen LogP contribution in [0.5, 0.6) is 5.75 Å². The van der Waals surface area contributed by atoms with E-state index < -0.39 is 10.0 Å². The zero-order chi connectivity index (χ0) is 15.6. The number of nitrogen functional groups attached to an aromatic ring is 1. The van der Waals surface area contributed by atoms with Gasteiger partial charge in [-0.1, -0.05) is 6.07 Å². The Kier molecular flexibility index (Phi) is 4.04. The molecule has 0 aliphatic heterocycles. The maximum atomic E-state index is 12.8. The number of hydrogen-bond donors (Lipinski definition) is 2. The van der Waals surface area contributed by atoms with Crippen LogP contribution in [0, 0.1) is 6.92 Å². The molecule has 2 aromatic rings. The molecule has 2 rings (SSSR count). The van der Waals surface area contributed by atoms with Gasteiger partial charge in [-0.2, -0.15) is 0 Å². The molecule has 0 unspecified atom stereocenters. The van der Waals surface area contributed by atoms with Crippen LogP contribution in [0.2, 0.25) is 0 Å². The Hall–Kier alpha value is -2.28. The third-order valence-corrected chi connectivity index (χ3v) is 5.05. The minimum Gasteiger partial charge on any atom is -0.508 e. The third kappa shape index (κ3) is 2.78. The van der Waals surface area contributed by atoms with Crippen LogP contribution in [-0.4, -0.2) is 25.1 Å². The minimum absolute atomic E-state index is 0.00316. The number of pyridine rings is 1. The Bertz CT molecular complexity index is 760. The number of benzene rings is 1. The normalized spacial score (nSPS) is 11.3. The SMILES string of the molecule is CCN(c1cc(O)ccc1C)S(=O)(=O)c1cccnc1N. The fraction of sp³-hybridized carbons (Fsp3) is 0.214. The van der Waals surface area contributed by atoms with Gasteiger partial charge in [-0.05, 0) is 37.6 Å². The van der Waals surface area contributed by atoms with Gasteiger partial charge >= 0.3 is 0 Å². The molecule has 6 nitrogen and oxygen atoms in total. The number of nitrogens with two attached hydrogens (primary N) is 1. The number of aromatic hydroxyl groups is 1. The van der Waals surface area contributed by atoms with E-state index in [1.807, 2.05) is 0 Å². The number of aromatic nitrogens is 1. The number of anilines is 2. The number of phenolic OH excluding ortho intramolecular Hbond substituents is 1. The van der Waals surface area contributed by atoms with Crippen LogP contribution < -0.4 is 10.0 Å². The molecular weight excluding hydrogens is 290 g/mol. The standard InChI is InChI=1S/C14H17N3O3S/c1-3-17(12-9-11(18)7-6-10(12)2)21(19,20)13-5-4-8-16-14(13)15/h4-9,18H,3H2,1-2H3,(H2,15,16). The van der Waals surface area contributed by atoms with Gasteiger partial charge in [0.2, 0.25) is 0 Å². The first-order valence-electron chi connectivity index (χ1n) is 6.40. The summed E-state index contributed by atoms with van der Waals surface area (Å²) in [5.41, 5.74) is 6.83. The van der Waals surface area contributed by atoms with E-state index in [9.17, 15) is 13.5 Å². The van der Waals surface area contributed by atoms with Gasteiger partial charge in [0.25, 0.3) is 10.0 Å². The number of sulfonamides is 1. The van der Waals surface area contributed by atoms with E-state index in [0.29, 0.717) is 5.69 Å². The molecule has 0 spiro atoms. The van der Waals surface area contributed by atoms with Gasteiger partial charge in [-0.25, -0.2) is 13.4 Å². The summed E-state index contributed by atoms with van der Waals surface area (Å²) < 4.78 is 26.7. The third-order valence-electron chi connectivity index (χ3n) is 3.12. The van der Waals surface area contributed by atoms with Crippen LogP contribution in [0.4, 0.5) is 11.5 Å². The average molecular weight is 307 g/mol. The smallest absolute Gasteiger partial charge is 0.267 e. The lowest BCUT2D eigenvalue weighted by Crippen LogP contribution is -2.32. The molecule has 0 atom stereocenters. The number of rotatable bonds is 4. The van der Waals surface area contributed by atoms with E-state index in [2.05, 4.69) is 4.98 Å². The van der Waals surface area contributed by atoms with Crippen molar-refractivity contribution in [2.45, 2.75) is 18.7 Å². The number of hydrogen-bond acceptors (Lipinski definition) is 5. The lowest BCUT2D eigenvalue weighted by atomic mass is 10.2. The maximum absolute atomic E-state index is 12.8. The van der Waals surface area contributed by atoms with Crippen molar-refractivity contribution >= 4 is 21.5 Å². The van der Waals surface area contributed by atoms with E-state index in [4.69, 9.17) is 5.73 Å². The number of nitrogens with zero attached hydrogens (tertiary/aromatic N) is 2. The van der Waals surface area contributed by atoms with Crippen LogP contribution >= 0.6 is 0 Å². The summed E-state index contributed by atoms with van der Waals surface area (Å²) in [4.78, 5) is 3.77. The number of phenols is 1. The largest absolute Gasteiger partial charge is 0.508 e. The van der Waals surface area contributed by atoms with Crippen LogP contribution in [0.1, 0.15) is 12.5 Å². The molecule has 0 amide bonds. The molecule has 0 saturated heterocycles. The minimum atomic E-state index is -3.84. The van der Waals surface area contributed by atoms with Crippen molar-refractivity contribution in [2.24, 2.45) is 0 Å². The van der Waals surface area contributed by atoms with Gasteiger partial charge in [-0.3, -0.25) is 4.31 Å². The summed E-state index contributed by atoms with van der Waals surface area (Å²) in [7, 11) is -3.84. The second-order valence-corrected chi connectivity index (χ2v) is 6.36. The topological polar surface area (TPSA) is 96.5 Å². The summed E-state index contributed by atoms with van der Waals surface area (Å²) in [5.74, 6) is -0.0443. The highest BCUT2D eigenvalue weighted by atomic mass is 32.2. The molecule has 7 heteroatoms. The van der Waals surface area contributed by atoms with Crippen molar-refractivity contribution in [1.82, 2.24) is 4.98 Å². The zero-order valence-electron chi connectivity index (χ0n) is 11.8. The summed E-state index contributed by atoms with van der Waals surface area (Å²) in [6.07, 6.45) is 1.43. The summed E-state index contributed by atoms with van der Waals surface area (Å²) in [5, 5.41) is 9.61. The van der Waals surface area contributed by atoms with Crippen LogP contribution in [-0.2, 0) is 10.0 Å². The molecule has 3 N–H and O–H groups in total. The second-order valence-electron chi connectivity index (χ2n) is 4.53. The fourth-order valence-electron chi connectivity index (χ4n) is 2.08. The number of aryl methyl sites for hydroxylation is 1. The molecule has 0 saturated carbocycles. The molecule has 112 valence electrons. The van der Waals surface area contributed by atoms with Gasteiger partial charge in [0.05, 0.1) is 5.69 Å². The molecular formula is C14H17N3O3S. The van der Waals surface area contributed by atoms with Gasteiger partial charge < -0.3 is 10.8 Å². The zero-order valence-corrected chi connectivity index (χ0v) is 12.6. The van der Waals surface area contributed by atoms with Gasteiger partial charge in [0, 0.05) is 18.8 Å². The fourth-order valence-corrected chi connectivity index (χ4v) is 3.68. The Balaban J connectivity index is 2.60. The van der Waals surface area contributed by atoms with E-state index in [1.165, 1.54) is 34.8 Å². The Morgan fingerprint density at radius 2 is 2.05 bits per heavy atom. The van der Waals surface area contributed by atoms with Crippen molar-refractivity contribution in [3.8, 4) is 5.75 Å². The molecule has 21 heavy (non-hydrogen) atoms. The average Bonchev–Trinajstić information content (AvgIpc) is 2.43. The van der Waals surface area contributed by atoms with E-state index in [1.54, 1.807) is 19.9 Å². The Morgan fingerprint density at radius 3 is 2.67 bits per heavy atom. The van der Waals surface area contributed by atoms with E-state index in [-0.39, 0.29) is 23.0 Å². The Labute approximate surface area is 123 Å². The highest BCUT2D eigenvalue weighted by Gasteiger charge is 2.27. The first-order valence-corrected chi connectivity index (χ1v) is 7.84. The molecule has 1 aromatic heterocycles. The molecule has 0 aliphatic rings. The highest BCUT2D eigenvalue weighted by Crippen LogP contribution is 2.30. The summed E-state index contributed by atoms with van der Waals surface area (Å²) >= 11 is 0. The first-order chi connectivity index (χ1) is 9.87. The van der Waals surface area contributed by atoms with Gasteiger partial charge in [0.15, 0.2) is 0 Å². The maximum Gasteiger partial charge on any atom is 0.267 e. The van der Waals surface area contributed by atoms with Gasteiger partial charge in [-0.15, -0.1) is 0 Å². The molecule has 1 heterocycles. The summed E-state index contributed by atoms with van der Waals surface area (Å²) in [6.45, 7) is 3.70. The quantitative estimate of drug-likeness (QED) is 0.899. The van der Waals surface area contributed by atoms with Crippen LogP contribution in [0.3, 0.4) is 0 Å². The van der Waals surface area contributed by atoms with Crippen LogP contribution in [0.25, 0.3) is 0 Å². The van der Waals surface area contributed by atoms with Crippen molar-refractivity contribution in [1.29, 1.82) is 0 Å². The monoisotopic (exact) mass is 307 g/mol. The highest BCUT2D eigenvalue weighted by molar-refractivity contribution is 7.93. The van der Waals surface area contributed by atoms with Crippen molar-refractivity contribution in [3.05, 3.63) is 42.1 Å². The molecule has 1 aromatic carbocycles. The second kappa shape index (κ2) is 5.61. The van der Waals surface area contributed by atoms with E-state index in [0.717, 1.165) is 5.56 Å². The lowest BCUT2D eigenvalue weighted by Gasteiger charge is -2.25. The van der Waals surface area contributed by atoms with Crippen molar-refractivity contribution in [2.75, 3.05) is 16.6 Å². The molecule has 0 bridgehead atoms. The molecule has 0 fully saturated rings. The first kappa shape index (κ1) is 15.1. The summed E-state index contributed by atoms with van der Waals surface area (Å²) in [6, 6.07) is 7.53. The van der Waals surface area contributed by atoms with E-state index >= 15 is 0 Å². The predicted molar refractivity (Wildman–Crippen MR) is 81.7 cm³/mol. The van der Waals surface area contributed by atoms with Crippen LogP contribution in [0.15, 0.2) is 41.4 Å².